The molecule has 6 unspecified atom stereocenters. The van der Waals surface area contributed by atoms with E-state index in [0.717, 1.165) is 37.7 Å². The van der Waals surface area contributed by atoms with E-state index in [0.29, 0.717) is 18.8 Å². The van der Waals surface area contributed by atoms with Crippen molar-refractivity contribution in [1.82, 2.24) is 0 Å². The number of phenolic OH excluding ortho intramolecular Hbond substituents is 1. The summed E-state index contributed by atoms with van der Waals surface area (Å²) in [5.74, 6) is -0.149. The molecule has 15 nitrogen and oxygen atoms in total. The number of ether oxygens (including phenoxy) is 6. The summed E-state index contributed by atoms with van der Waals surface area (Å²) in [4.78, 5) is 26.2. The Morgan fingerprint density at radius 1 is 0.885 bits per heavy atom. The van der Waals surface area contributed by atoms with E-state index in [4.69, 9.17) is 28.4 Å². The average Bonchev–Trinajstić information content (AvgIpc) is 3.57. The van der Waals surface area contributed by atoms with Crippen LogP contribution in [0.4, 0.5) is 0 Å². The quantitative estimate of drug-likeness (QED) is 0.108. The second kappa shape index (κ2) is 17.3. The van der Waals surface area contributed by atoms with Gasteiger partial charge in [-0.1, -0.05) is 37.1 Å². The minimum Gasteiger partial charge on any atom is -0.508 e. The maximum absolute atomic E-state index is 13.3. The van der Waals surface area contributed by atoms with Crippen molar-refractivity contribution in [3.05, 3.63) is 53.1 Å². The molecule has 338 valence electrons. The van der Waals surface area contributed by atoms with Crippen molar-refractivity contribution in [1.29, 1.82) is 0 Å². The monoisotopic (exact) mass is 856 g/mol. The molecule has 0 bridgehead atoms. The smallest absolute Gasteiger partial charge is 0.338 e. The van der Waals surface area contributed by atoms with E-state index in [-0.39, 0.29) is 52.4 Å². The number of fused-ring (bicyclic) bond motifs is 7. The third-order valence-electron chi connectivity index (χ3n) is 15.9. The van der Waals surface area contributed by atoms with Gasteiger partial charge in [0.1, 0.15) is 48.7 Å². The van der Waals surface area contributed by atoms with Crippen LogP contribution in [0.2, 0.25) is 0 Å². The number of aldehydes is 1. The number of esters is 1. The highest BCUT2D eigenvalue weighted by molar-refractivity contribution is 5.89. The minimum absolute atomic E-state index is 0.0340. The predicted molar refractivity (Wildman–Crippen MR) is 215 cm³/mol. The van der Waals surface area contributed by atoms with Crippen LogP contribution in [0.5, 0.6) is 5.75 Å². The molecular weight excluding hydrogens is 792 g/mol. The van der Waals surface area contributed by atoms with Gasteiger partial charge >= 0.3 is 5.97 Å². The summed E-state index contributed by atoms with van der Waals surface area (Å²) in [6.45, 7) is 9.45. The van der Waals surface area contributed by atoms with Gasteiger partial charge in [-0.15, -0.1) is 0 Å². The fraction of sp³-hybridized carbons (Fsp3) is 0.739. The molecule has 0 radical (unpaired) electrons. The van der Waals surface area contributed by atoms with Gasteiger partial charge in [-0.3, -0.25) is 0 Å². The molecule has 0 spiro atoms. The Morgan fingerprint density at radius 3 is 2.30 bits per heavy atom. The normalized spacial score (nSPS) is 48.0. The van der Waals surface area contributed by atoms with Gasteiger partial charge in [0.05, 0.1) is 30.5 Å². The molecule has 15 heteroatoms. The van der Waals surface area contributed by atoms with Crippen LogP contribution >= 0.6 is 0 Å². The third kappa shape index (κ3) is 7.83. The first kappa shape index (κ1) is 44.8. The van der Waals surface area contributed by atoms with E-state index in [1.54, 1.807) is 0 Å². The van der Waals surface area contributed by atoms with E-state index in [2.05, 4.69) is 26.0 Å². The topological polar surface area (TPSA) is 231 Å². The molecule has 3 heterocycles. The summed E-state index contributed by atoms with van der Waals surface area (Å²) in [7, 11) is 0. The molecule has 7 aliphatic rings. The first-order valence-electron chi connectivity index (χ1n) is 22.1. The minimum atomic E-state index is -1.76. The van der Waals surface area contributed by atoms with E-state index < -0.39 is 91.8 Å². The number of rotatable bonds is 9. The highest BCUT2D eigenvalue weighted by Crippen LogP contribution is 2.68. The number of hydrogen-bond acceptors (Lipinski definition) is 15. The molecule has 1 aromatic carbocycles. The van der Waals surface area contributed by atoms with E-state index >= 15 is 0 Å². The number of hydrogen-bond donors (Lipinski definition) is 7. The SMILES string of the molecule is CC(C)=C[C@H]1[C@H](O)OC2CC3C4CC=C5C[C@@H](OC6O[C@H](CO)[C@@H](O)[C@H](O)[C@H]6O[C@@H]6O[C@@H](C)[C@H](OC(=O)c7ccc(O)cc7)[C@@H](O)[C@H]6O)CC[C@]5(C)C4CC[C@]3(C=O)C2[C@@H]1C. The second-order valence-corrected chi connectivity index (χ2v) is 19.5. The summed E-state index contributed by atoms with van der Waals surface area (Å²) in [5.41, 5.74) is 1.82. The maximum Gasteiger partial charge on any atom is 0.338 e. The lowest BCUT2D eigenvalue weighted by Gasteiger charge is -2.58. The Kier molecular flexibility index (Phi) is 12.7. The Bertz CT molecular complexity index is 1820. The zero-order valence-corrected chi connectivity index (χ0v) is 35.6. The number of allylic oxidation sites excluding steroid dienone is 2. The highest BCUT2D eigenvalue weighted by Gasteiger charge is 2.66. The average molecular weight is 857 g/mol. The zero-order valence-electron chi connectivity index (χ0n) is 35.6. The van der Waals surface area contributed by atoms with Gasteiger partial charge in [-0.25, -0.2) is 4.79 Å². The van der Waals surface area contributed by atoms with Crippen molar-refractivity contribution in [2.24, 2.45) is 46.3 Å². The van der Waals surface area contributed by atoms with Crippen molar-refractivity contribution in [2.75, 3.05) is 6.61 Å². The van der Waals surface area contributed by atoms with E-state index in [9.17, 15) is 45.3 Å². The zero-order chi connectivity index (χ0) is 43.7. The molecule has 4 aliphatic carbocycles. The Hall–Kier alpha value is -2.80. The number of aliphatic hydroxyl groups excluding tert-OH is 6. The number of aromatic hydroxyl groups is 1. The Balaban J connectivity index is 0.957. The molecule has 0 aromatic heterocycles. The molecule has 21 atom stereocenters. The number of phenols is 1. The van der Waals surface area contributed by atoms with Gasteiger partial charge in [0.15, 0.2) is 25.0 Å². The van der Waals surface area contributed by atoms with Crippen LogP contribution in [-0.4, -0.2) is 135 Å². The van der Waals surface area contributed by atoms with Crippen LogP contribution in [0.3, 0.4) is 0 Å². The van der Waals surface area contributed by atoms with Crippen LogP contribution < -0.4 is 0 Å². The summed E-state index contributed by atoms with van der Waals surface area (Å²) in [6.07, 6.45) is -5.06. The highest BCUT2D eigenvalue weighted by atomic mass is 16.8. The van der Waals surface area contributed by atoms with E-state index in [1.165, 1.54) is 43.0 Å². The van der Waals surface area contributed by atoms with Crippen molar-refractivity contribution < 1.29 is 73.8 Å². The molecule has 7 N–H and O–H groups in total. The van der Waals surface area contributed by atoms with Gasteiger partial charge < -0.3 is 69.0 Å². The lowest BCUT2D eigenvalue weighted by molar-refractivity contribution is -0.369. The summed E-state index contributed by atoms with van der Waals surface area (Å²) in [5, 5.41) is 75.2. The lowest BCUT2D eigenvalue weighted by atomic mass is 9.46. The van der Waals surface area contributed by atoms with Crippen molar-refractivity contribution in [3.8, 4) is 5.75 Å². The number of carbonyl (C=O) groups is 2. The van der Waals surface area contributed by atoms with Gasteiger partial charge in [0.25, 0.3) is 0 Å². The van der Waals surface area contributed by atoms with E-state index in [1.807, 2.05) is 13.8 Å². The molecule has 8 rings (SSSR count). The first-order chi connectivity index (χ1) is 29.0. The second-order valence-electron chi connectivity index (χ2n) is 19.5. The molecule has 61 heavy (non-hydrogen) atoms. The summed E-state index contributed by atoms with van der Waals surface area (Å²) in [6, 6.07) is 5.33. The van der Waals surface area contributed by atoms with Crippen LogP contribution in [-0.2, 0) is 33.2 Å². The van der Waals surface area contributed by atoms with Crippen LogP contribution in [0.1, 0.15) is 89.9 Å². The van der Waals surface area contributed by atoms with Crippen molar-refractivity contribution >= 4 is 12.3 Å². The lowest BCUT2D eigenvalue weighted by Crippen LogP contribution is -2.64. The fourth-order valence-electron chi connectivity index (χ4n) is 12.8. The predicted octanol–water partition coefficient (Wildman–Crippen LogP) is 2.90. The van der Waals surface area contributed by atoms with Gasteiger partial charge in [0.2, 0.25) is 0 Å². The van der Waals surface area contributed by atoms with Gasteiger partial charge in [-0.2, -0.15) is 0 Å². The van der Waals surface area contributed by atoms with Gasteiger partial charge in [0, 0.05) is 17.3 Å². The molecule has 3 aliphatic heterocycles. The number of aliphatic hydroxyl groups is 6. The standard InChI is InChI=1S/C46H64O15/c1-21(2)16-29-22(3)34-32(58-42(29)55)18-31-28-11-8-25-17-27(12-14-45(25,5)30(28)13-15-46(31,34)20-48)57-44-40(36(51)35(50)33(19-47)59-44)61-43-38(53)37(52)39(23(4)56-43)60-41(54)24-6-9-26(49)10-7-24/h6-10,16,20,22-23,27-40,42-44,47,49-53,55H,11-15,17-19H2,1-5H3/t22-,23+,27+,28?,29-,30?,31?,32?,33-,34?,35-,36+,37+,38-,39+,40-,42-,43+,44?,45+,46-/m1/s1. The van der Waals surface area contributed by atoms with Crippen molar-refractivity contribution in [2.45, 2.75) is 159 Å². The molecule has 3 saturated carbocycles. The number of carbonyl (C=O) groups excluding carboxylic acids is 2. The maximum atomic E-state index is 13.3. The molecule has 1 aromatic rings. The number of benzene rings is 1. The fourth-order valence-corrected chi connectivity index (χ4v) is 12.8. The largest absolute Gasteiger partial charge is 0.508 e. The Morgan fingerprint density at radius 2 is 1.61 bits per heavy atom. The summed E-state index contributed by atoms with van der Waals surface area (Å²) < 4.78 is 36.4. The molecule has 0 amide bonds. The molecule has 6 fully saturated rings. The van der Waals surface area contributed by atoms with Crippen LogP contribution in [0.25, 0.3) is 0 Å². The van der Waals surface area contributed by atoms with Crippen LogP contribution in [0, 0.1) is 46.3 Å². The molecular formula is C46H64O15. The summed E-state index contributed by atoms with van der Waals surface area (Å²) >= 11 is 0. The van der Waals surface area contributed by atoms with Crippen LogP contribution in [0.15, 0.2) is 47.6 Å². The Labute approximate surface area is 356 Å². The van der Waals surface area contributed by atoms with Crippen molar-refractivity contribution in [3.63, 3.8) is 0 Å². The molecule has 3 saturated heterocycles. The first-order valence-corrected chi connectivity index (χ1v) is 22.1. The third-order valence-corrected chi connectivity index (χ3v) is 15.9. The van der Waals surface area contributed by atoms with Gasteiger partial charge in [-0.05, 0) is 119 Å².